The molecule has 0 fully saturated rings. The molecule has 0 amide bonds. The largest absolute Gasteiger partial charge is 0.388 e. The van der Waals surface area contributed by atoms with E-state index in [4.69, 9.17) is 5.73 Å². The predicted molar refractivity (Wildman–Crippen MR) is 49.7 cm³/mol. The van der Waals surface area contributed by atoms with Gasteiger partial charge in [0.15, 0.2) is 0 Å². The first-order chi connectivity index (χ1) is 5.84. The van der Waals surface area contributed by atoms with Crippen molar-refractivity contribution in [3.8, 4) is 0 Å². The maximum atomic E-state index is 9.60. The summed E-state index contributed by atoms with van der Waals surface area (Å²) in [5, 5.41) is 9.60. The molecule has 0 aliphatic rings. The van der Waals surface area contributed by atoms with Gasteiger partial charge in [-0.3, -0.25) is 0 Å². The molecule has 1 rings (SSSR count). The van der Waals surface area contributed by atoms with Crippen LogP contribution in [0.4, 0.5) is 0 Å². The topological polar surface area (TPSA) is 46.2 Å². The van der Waals surface area contributed by atoms with Crippen molar-refractivity contribution in [3.05, 3.63) is 35.9 Å². The van der Waals surface area contributed by atoms with E-state index < -0.39 is 0 Å². The van der Waals surface area contributed by atoms with Gasteiger partial charge < -0.3 is 10.8 Å². The molecule has 0 radical (unpaired) electrons. The zero-order valence-corrected chi connectivity index (χ0v) is 7.11. The molecule has 0 aromatic heterocycles. The molecule has 2 nitrogen and oxygen atoms in total. The number of hydrogen-bond donors (Lipinski definition) is 2. The first-order valence-corrected chi connectivity index (χ1v) is 4.27. The van der Waals surface area contributed by atoms with E-state index in [-0.39, 0.29) is 6.10 Å². The van der Waals surface area contributed by atoms with Gasteiger partial charge in [-0.15, -0.1) is 0 Å². The average Bonchev–Trinajstić information content (AvgIpc) is 2.15. The van der Waals surface area contributed by atoms with Crippen LogP contribution in [0.5, 0.6) is 0 Å². The summed E-state index contributed by atoms with van der Waals surface area (Å²) in [5.74, 6) is 0. The number of aliphatic hydroxyl groups is 1. The second-order valence-corrected chi connectivity index (χ2v) is 2.86. The van der Waals surface area contributed by atoms with Gasteiger partial charge >= 0.3 is 0 Å². The van der Waals surface area contributed by atoms with Gasteiger partial charge in [-0.2, -0.15) is 0 Å². The SMILES string of the molecule is NCCCC(O)c1ccccc1. The minimum atomic E-state index is -0.352. The fourth-order valence-electron chi connectivity index (χ4n) is 1.15. The van der Waals surface area contributed by atoms with Gasteiger partial charge in [-0.1, -0.05) is 30.3 Å². The minimum Gasteiger partial charge on any atom is -0.388 e. The van der Waals surface area contributed by atoms with Gasteiger partial charge in [0.2, 0.25) is 0 Å². The summed E-state index contributed by atoms with van der Waals surface area (Å²) in [5.41, 5.74) is 6.32. The Labute approximate surface area is 73.0 Å². The average molecular weight is 165 g/mol. The summed E-state index contributed by atoms with van der Waals surface area (Å²) in [7, 11) is 0. The summed E-state index contributed by atoms with van der Waals surface area (Å²) >= 11 is 0. The van der Waals surface area contributed by atoms with Gasteiger partial charge in [0, 0.05) is 0 Å². The zero-order chi connectivity index (χ0) is 8.81. The quantitative estimate of drug-likeness (QED) is 0.709. The number of benzene rings is 1. The Morgan fingerprint density at radius 2 is 1.92 bits per heavy atom. The fourth-order valence-corrected chi connectivity index (χ4v) is 1.15. The van der Waals surface area contributed by atoms with Gasteiger partial charge in [-0.25, -0.2) is 0 Å². The molecule has 0 heterocycles. The van der Waals surface area contributed by atoms with E-state index in [1.54, 1.807) is 0 Å². The third-order valence-electron chi connectivity index (χ3n) is 1.87. The molecule has 3 N–H and O–H groups in total. The van der Waals surface area contributed by atoms with E-state index in [1.165, 1.54) is 0 Å². The van der Waals surface area contributed by atoms with Crippen molar-refractivity contribution in [2.75, 3.05) is 6.54 Å². The lowest BCUT2D eigenvalue weighted by molar-refractivity contribution is 0.165. The van der Waals surface area contributed by atoms with Crippen molar-refractivity contribution < 1.29 is 5.11 Å². The molecule has 1 unspecified atom stereocenters. The van der Waals surface area contributed by atoms with Crippen LogP contribution in [0.2, 0.25) is 0 Å². The van der Waals surface area contributed by atoms with Crippen molar-refractivity contribution >= 4 is 0 Å². The molecule has 0 aliphatic carbocycles. The molecule has 1 aromatic rings. The molecule has 66 valence electrons. The Morgan fingerprint density at radius 1 is 1.25 bits per heavy atom. The Morgan fingerprint density at radius 3 is 2.50 bits per heavy atom. The van der Waals surface area contributed by atoms with Gasteiger partial charge in [0.05, 0.1) is 6.10 Å². The van der Waals surface area contributed by atoms with Crippen LogP contribution in [0, 0.1) is 0 Å². The van der Waals surface area contributed by atoms with Crippen LogP contribution in [0.3, 0.4) is 0 Å². The van der Waals surface area contributed by atoms with E-state index in [0.29, 0.717) is 6.54 Å². The first-order valence-electron chi connectivity index (χ1n) is 4.27. The second kappa shape index (κ2) is 4.91. The van der Waals surface area contributed by atoms with Crippen molar-refractivity contribution in [2.24, 2.45) is 5.73 Å². The van der Waals surface area contributed by atoms with Gasteiger partial charge in [-0.05, 0) is 24.9 Å². The molecule has 2 heteroatoms. The number of hydrogen-bond acceptors (Lipinski definition) is 2. The smallest absolute Gasteiger partial charge is 0.0790 e. The van der Waals surface area contributed by atoms with Crippen LogP contribution in [0.15, 0.2) is 30.3 Å². The summed E-state index contributed by atoms with van der Waals surface area (Å²) in [6, 6.07) is 9.67. The van der Waals surface area contributed by atoms with Crippen molar-refractivity contribution in [3.63, 3.8) is 0 Å². The molecule has 0 spiro atoms. The zero-order valence-electron chi connectivity index (χ0n) is 7.11. The van der Waals surface area contributed by atoms with E-state index in [0.717, 1.165) is 18.4 Å². The predicted octanol–water partition coefficient (Wildman–Crippen LogP) is 1.46. The summed E-state index contributed by atoms with van der Waals surface area (Å²) in [4.78, 5) is 0. The highest BCUT2D eigenvalue weighted by atomic mass is 16.3. The van der Waals surface area contributed by atoms with Gasteiger partial charge in [0.1, 0.15) is 0 Å². The summed E-state index contributed by atoms with van der Waals surface area (Å²) < 4.78 is 0. The maximum absolute atomic E-state index is 9.60. The molecule has 0 bridgehead atoms. The third-order valence-corrected chi connectivity index (χ3v) is 1.87. The highest BCUT2D eigenvalue weighted by Crippen LogP contribution is 2.16. The number of rotatable bonds is 4. The van der Waals surface area contributed by atoms with Crippen LogP contribution in [0.1, 0.15) is 24.5 Å². The standard InChI is InChI=1S/C10H15NO/c11-8-4-7-10(12)9-5-2-1-3-6-9/h1-3,5-6,10,12H,4,7-8,11H2. The second-order valence-electron chi connectivity index (χ2n) is 2.86. The highest BCUT2D eigenvalue weighted by molar-refractivity contribution is 5.16. The normalized spacial score (nSPS) is 12.8. The molecule has 0 saturated carbocycles. The van der Waals surface area contributed by atoms with Crippen LogP contribution in [0.25, 0.3) is 0 Å². The van der Waals surface area contributed by atoms with E-state index in [2.05, 4.69) is 0 Å². The lowest BCUT2D eigenvalue weighted by atomic mass is 10.1. The Hall–Kier alpha value is -0.860. The Kier molecular flexibility index (Phi) is 3.77. The molecular weight excluding hydrogens is 150 g/mol. The van der Waals surface area contributed by atoms with E-state index in [1.807, 2.05) is 30.3 Å². The van der Waals surface area contributed by atoms with E-state index in [9.17, 15) is 5.11 Å². The van der Waals surface area contributed by atoms with Crippen molar-refractivity contribution in [1.82, 2.24) is 0 Å². The molecular formula is C10H15NO. The lowest BCUT2D eigenvalue weighted by Gasteiger charge is -2.09. The van der Waals surface area contributed by atoms with Gasteiger partial charge in [0.25, 0.3) is 0 Å². The highest BCUT2D eigenvalue weighted by Gasteiger charge is 2.04. The Bertz CT molecular complexity index is 210. The molecule has 1 atom stereocenters. The minimum absolute atomic E-state index is 0.352. The van der Waals surface area contributed by atoms with Crippen LogP contribution in [-0.2, 0) is 0 Å². The van der Waals surface area contributed by atoms with E-state index >= 15 is 0 Å². The monoisotopic (exact) mass is 165 g/mol. The first kappa shape index (κ1) is 9.23. The molecule has 1 aromatic carbocycles. The van der Waals surface area contributed by atoms with Crippen LogP contribution >= 0.6 is 0 Å². The number of aliphatic hydroxyl groups excluding tert-OH is 1. The molecule has 0 aliphatic heterocycles. The molecule has 12 heavy (non-hydrogen) atoms. The fraction of sp³-hybridized carbons (Fsp3) is 0.400. The van der Waals surface area contributed by atoms with Crippen LogP contribution < -0.4 is 5.73 Å². The maximum Gasteiger partial charge on any atom is 0.0790 e. The lowest BCUT2D eigenvalue weighted by Crippen LogP contribution is -2.03. The molecule has 0 saturated heterocycles. The summed E-state index contributed by atoms with van der Waals surface area (Å²) in [6.07, 6.45) is 1.27. The van der Waals surface area contributed by atoms with Crippen molar-refractivity contribution in [2.45, 2.75) is 18.9 Å². The Balaban J connectivity index is 2.48. The number of nitrogens with two attached hydrogens (primary N) is 1. The van der Waals surface area contributed by atoms with Crippen LogP contribution in [-0.4, -0.2) is 11.7 Å². The summed E-state index contributed by atoms with van der Waals surface area (Å²) in [6.45, 7) is 0.643. The third kappa shape index (κ3) is 2.64. The van der Waals surface area contributed by atoms with Crippen molar-refractivity contribution in [1.29, 1.82) is 0 Å².